The van der Waals surface area contributed by atoms with Gasteiger partial charge in [0.1, 0.15) is 5.38 Å². The highest BCUT2D eigenvalue weighted by Gasteiger charge is 2.37. The average molecular weight is 430 g/mol. The third-order valence-electron chi connectivity index (χ3n) is 4.53. The van der Waals surface area contributed by atoms with Crippen LogP contribution in [0.3, 0.4) is 0 Å². The van der Waals surface area contributed by atoms with Crippen LogP contribution in [0.2, 0.25) is 0 Å². The van der Waals surface area contributed by atoms with Gasteiger partial charge in [-0.3, -0.25) is 0 Å². The molecule has 29 heavy (non-hydrogen) atoms. The molecule has 0 saturated carbocycles. The molecule has 3 aromatic rings. The second-order valence-electron chi connectivity index (χ2n) is 6.61. The predicted molar refractivity (Wildman–Crippen MR) is 118 cm³/mol. The maximum atomic E-state index is 13.7. The van der Waals surface area contributed by atoms with Gasteiger partial charge in [-0.2, -0.15) is 0 Å². The highest BCUT2D eigenvalue weighted by molar-refractivity contribution is 7.92. The van der Waals surface area contributed by atoms with Crippen LogP contribution in [0.1, 0.15) is 23.4 Å². The molecule has 0 amide bonds. The highest BCUT2D eigenvalue weighted by Crippen LogP contribution is 2.35. The van der Waals surface area contributed by atoms with Crippen LogP contribution in [0.5, 0.6) is 0 Å². The van der Waals surface area contributed by atoms with Crippen molar-refractivity contribution in [1.82, 2.24) is 0 Å². The Kier molecular flexibility index (Phi) is 6.96. The van der Waals surface area contributed by atoms with Gasteiger partial charge in [0.05, 0.1) is 10.6 Å². The van der Waals surface area contributed by atoms with Crippen LogP contribution >= 0.6 is 11.6 Å². The molecule has 0 aliphatic heterocycles. The molecule has 0 N–H and O–H groups in total. The zero-order valence-electron chi connectivity index (χ0n) is 16.4. The standard InChI is InChI=1S/C23H24ClNO3S/c1-3-28-23(22(24)19-10-6-4-7-11-19)25(20-12-8-5-9-13-20)29(26,27)21-16-14-18(2)15-17-21/h4-17,22-23H,3H2,1-2H3. The van der Waals surface area contributed by atoms with Crippen LogP contribution < -0.4 is 4.31 Å². The number of aryl methyl sites for hydroxylation is 1. The molecule has 2 unspecified atom stereocenters. The number of hydrogen-bond acceptors (Lipinski definition) is 3. The van der Waals surface area contributed by atoms with Gasteiger partial charge in [0.25, 0.3) is 10.0 Å². The van der Waals surface area contributed by atoms with Gasteiger partial charge in [-0.15, -0.1) is 11.6 Å². The summed E-state index contributed by atoms with van der Waals surface area (Å²) in [5.74, 6) is 0. The summed E-state index contributed by atoms with van der Waals surface area (Å²) < 4.78 is 34.6. The number of benzene rings is 3. The van der Waals surface area contributed by atoms with E-state index in [1.54, 1.807) is 48.5 Å². The van der Waals surface area contributed by atoms with Crippen molar-refractivity contribution < 1.29 is 13.2 Å². The number of nitrogens with zero attached hydrogens (tertiary/aromatic N) is 1. The Bertz CT molecular complexity index is 1010. The molecule has 3 rings (SSSR count). The van der Waals surface area contributed by atoms with Crippen molar-refractivity contribution in [2.24, 2.45) is 0 Å². The van der Waals surface area contributed by atoms with Crippen molar-refractivity contribution in [2.45, 2.75) is 30.3 Å². The highest BCUT2D eigenvalue weighted by atomic mass is 35.5. The van der Waals surface area contributed by atoms with Gasteiger partial charge in [-0.25, -0.2) is 12.7 Å². The van der Waals surface area contributed by atoms with E-state index < -0.39 is 21.6 Å². The minimum Gasteiger partial charge on any atom is -0.356 e. The first-order chi connectivity index (χ1) is 13.9. The normalized spacial score (nSPS) is 13.6. The van der Waals surface area contributed by atoms with Gasteiger partial charge in [-0.1, -0.05) is 66.2 Å². The zero-order chi connectivity index (χ0) is 20.9. The van der Waals surface area contributed by atoms with E-state index in [4.69, 9.17) is 16.3 Å². The van der Waals surface area contributed by atoms with Crippen molar-refractivity contribution in [3.8, 4) is 0 Å². The molecule has 3 aromatic carbocycles. The van der Waals surface area contributed by atoms with E-state index in [1.807, 2.05) is 50.2 Å². The van der Waals surface area contributed by atoms with Crippen molar-refractivity contribution >= 4 is 27.3 Å². The van der Waals surface area contributed by atoms with Crippen LogP contribution in [0.4, 0.5) is 5.69 Å². The summed E-state index contributed by atoms with van der Waals surface area (Å²) in [5, 5.41) is -0.698. The van der Waals surface area contributed by atoms with E-state index in [1.165, 1.54) is 4.31 Å². The molecule has 0 aromatic heterocycles. The van der Waals surface area contributed by atoms with E-state index in [9.17, 15) is 8.42 Å². The quantitative estimate of drug-likeness (QED) is 0.349. The summed E-state index contributed by atoms with van der Waals surface area (Å²) >= 11 is 6.78. The number of alkyl halides is 1. The average Bonchev–Trinajstić information content (AvgIpc) is 2.74. The zero-order valence-corrected chi connectivity index (χ0v) is 18.0. The van der Waals surface area contributed by atoms with Gasteiger partial charge in [0.15, 0.2) is 6.23 Å². The van der Waals surface area contributed by atoms with Crippen LogP contribution in [0, 0.1) is 6.92 Å². The molecule has 0 bridgehead atoms. The second kappa shape index (κ2) is 9.44. The number of halogens is 1. The van der Waals surface area contributed by atoms with Crippen molar-refractivity contribution in [1.29, 1.82) is 0 Å². The molecule has 0 spiro atoms. The monoisotopic (exact) mass is 429 g/mol. The lowest BCUT2D eigenvalue weighted by molar-refractivity contribution is 0.0681. The second-order valence-corrected chi connectivity index (χ2v) is 8.89. The van der Waals surface area contributed by atoms with Crippen molar-refractivity contribution in [3.63, 3.8) is 0 Å². The Morgan fingerprint density at radius 1 is 0.897 bits per heavy atom. The SMILES string of the molecule is CCOC(C(Cl)c1ccccc1)N(c1ccccc1)S(=O)(=O)c1ccc(C)cc1. The van der Waals surface area contributed by atoms with E-state index in [0.29, 0.717) is 12.3 Å². The van der Waals surface area contributed by atoms with Gasteiger partial charge in [-0.05, 0) is 43.7 Å². The van der Waals surface area contributed by atoms with E-state index in [2.05, 4.69) is 0 Å². The molecule has 152 valence electrons. The Balaban J connectivity index is 2.14. The van der Waals surface area contributed by atoms with Crippen LogP contribution in [-0.2, 0) is 14.8 Å². The number of hydrogen-bond donors (Lipinski definition) is 0. The van der Waals surface area contributed by atoms with E-state index in [0.717, 1.165) is 11.1 Å². The topological polar surface area (TPSA) is 46.6 Å². The van der Waals surface area contributed by atoms with Gasteiger partial charge in [0.2, 0.25) is 0 Å². The molecule has 0 fully saturated rings. The molecule has 0 aliphatic carbocycles. The Labute approximate surface area is 177 Å². The van der Waals surface area contributed by atoms with Crippen LogP contribution in [0.15, 0.2) is 89.8 Å². The fraction of sp³-hybridized carbons (Fsp3) is 0.217. The number of anilines is 1. The lowest BCUT2D eigenvalue weighted by atomic mass is 10.1. The number of rotatable bonds is 8. The van der Waals surface area contributed by atoms with Crippen LogP contribution in [0.25, 0.3) is 0 Å². The fourth-order valence-electron chi connectivity index (χ4n) is 3.06. The Morgan fingerprint density at radius 3 is 2.00 bits per heavy atom. The third-order valence-corrected chi connectivity index (χ3v) is 6.80. The molecule has 0 aliphatic rings. The summed E-state index contributed by atoms with van der Waals surface area (Å²) in [4.78, 5) is 0.189. The minimum atomic E-state index is -3.92. The molecule has 0 saturated heterocycles. The fourth-order valence-corrected chi connectivity index (χ4v) is 5.02. The molecule has 4 nitrogen and oxygen atoms in total. The molecule has 6 heteroatoms. The molecule has 2 atom stereocenters. The lowest BCUT2D eigenvalue weighted by Crippen LogP contribution is -2.44. The molecular formula is C23H24ClNO3S. The first kappa shape index (κ1) is 21.4. The summed E-state index contributed by atoms with van der Waals surface area (Å²) in [6.45, 7) is 4.05. The first-order valence-electron chi connectivity index (χ1n) is 9.42. The van der Waals surface area contributed by atoms with Crippen LogP contribution in [-0.4, -0.2) is 21.3 Å². The summed E-state index contributed by atoms with van der Waals surface area (Å²) in [6.07, 6.45) is -0.919. The summed E-state index contributed by atoms with van der Waals surface area (Å²) in [7, 11) is -3.92. The summed E-state index contributed by atoms with van der Waals surface area (Å²) in [5.41, 5.74) is 2.26. The maximum absolute atomic E-state index is 13.7. The maximum Gasteiger partial charge on any atom is 0.266 e. The number of sulfonamides is 1. The smallest absolute Gasteiger partial charge is 0.266 e. The molecule has 0 heterocycles. The van der Waals surface area contributed by atoms with Gasteiger partial charge < -0.3 is 4.74 Å². The third kappa shape index (κ3) is 4.81. The minimum absolute atomic E-state index is 0.189. The van der Waals surface area contributed by atoms with Crippen molar-refractivity contribution in [2.75, 3.05) is 10.9 Å². The summed E-state index contributed by atoms with van der Waals surface area (Å²) in [6, 6.07) is 25.0. The van der Waals surface area contributed by atoms with Crippen molar-refractivity contribution in [3.05, 3.63) is 96.1 Å². The van der Waals surface area contributed by atoms with E-state index >= 15 is 0 Å². The lowest BCUT2D eigenvalue weighted by Gasteiger charge is -2.35. The predicted octanol–water partition coefficient (Wildman–Crippen LogP) is 5.53. The number of ether oxygens (including phenoxy) is 1. The Morgan fingerprint density at radius 2 is 1.45 bits per heavy atom. The molecule has 0 radical (unpaired) electrons. The van der Waals surface area contributed by atoms with Gasteiger partial charge in [0, 0.05) is 6.61 Å². The largest absolute Gasteiger partial charge is 0.356 e. The first-order valence-corrected chi connectivity index (χ1v) is 11.3. The number of para-hydroxylation sites is 1. The molecular weight excluding hydrogens is 406 g/mol. The van der Waals surface area contributed by atoms with E-state index in [-0.39, 0.29) is 4.90 Å². The Hall–Kier alpha value is -2.34. The van der Waals surface area contributed by atoms with Gasteiger partial charge >= 0.3 is 0 Å².